The van der Waals surface area contributed by atoms with E-state index < -0.39 is 12.2 Å². The molecular formula is C24H32Cl2N2O3. The van der Waals surface area contributed by atoms with Crippen LogP contribution < -0.4 is 4.74 Å². The second kappa shape index (κ2) is 11.5. The SMILES string of the molecule is Cc1cc(C[C@@H](O)CN2CCN(C[C@@H](O)COc3ccc(Cl)c(C)c3)CC2)ccc1Cl. The van der Waals surface area contributed by atoms with E-state index >= 15 is 0 Å². The Balaban J connectivity index is 1.35. The number of halogens is 2. The fourth-order valence-electron chi connectivity index (χ4n) is 3.87. The van der Waals surface area contributed by atoms with Crippen molar-refractivity contribution >= 4 is 23.2 Å². The molecule has 170 valence electrons. The largest absolute Gasteiger partial charge is 0.491 e. The van der Waals surface area contributed by atoms with E-state index in [1.54, 1.807) is 6.07 Å². The molecule has 0 spiro atoms. The molecule has 1 aliphatic heterocycles. The predicted molar refractivity (Wildman–Crippen MR) is 126 cm³/mol. The van der Waals surface area contributed by atoms with Gasteiger partial charge in [-0.05, 0) is 61.2 Å². The Morgan fingerprint density at radius 2 is 1.39 bits per heavy atom. The van der Waals surface area contributed by atoms with Crippen LogP contribution in [0.1, 0.15) is 16.7 Å². The average molecular weight is 467 g/mol. The first-order valence-electron chi connectivity index (χ1n) is 10.7. The summed E-state index contributed by atoms with van der Waals surface area (Å²) in [5.74, 6) is 0.718. The highest BCUT2D eigenvalue weighted by Gasteiger charge is 2.21. The molecule has 5 nitrogen and oxygen atoms in total. The van der Waals surface area contributed by atoms with Crippen molar-refractivity contribution in [2.75, 3.05) is 45.9 Å². The zero-order valence-electron chi connectivity index (χ0n) is 18.2. The minimum absolute atomic E-state index is 0.251. The van der Waals surface area contributed by atoms with E-state index in [0.717, 1.165) is 53.6 Å². The van der Waals surface area contributed by atoms with Crippen LogP contribution in [0.5, 0.6) is 5.75 Å². The van der Waals surface area contributed by atoms with Crippen molar-refractivity contribution in [3.05, 3.63) is 63.1 Å². The first-order valence-corrected chi connectivity index (χ1v) is 11.5. The number of hydrogen-bond donors (Lipinski definition) is 2. The standard InChI is InChI=1S/C24H32Cl2N2O3/c1-17-11-19(3-5-23(17)25)13-20(29)14-27-7-9-28(10-8-27)15-21(30)16-31-22-4-6-24(26)18(2)12-22/h3-6,11-12,20-21,29-30H,7-10,13-16H2,1-2H3/t20-,21-/m1/s1. The van der Waals surface area contributed by atoms with Gasteiger partial charge in [0.15, 0.2) is 0 Å². The van der Waals surface area contributed by atoms with Crippen LogP contribution in [0.3, 0.4) is 0 Å². The molecule has 3 rings (SSSR count). The maximum atomic E-state index is 10.5. The number of nitrogens with zero attached hydrogens (tertiary/aromatic N) is 2. The molecule has 0 unspecified atom stereocenters. The summed E-state index contributed by atoms with van der Waals surface area (Å²) in [4.78, 5) is 4.52. The molecule has 0 radical (unpaired) electrons. The summed E-state index contributed by atoms with van der Waals surface area (Å²) in [5.41, 5.74) is 3.10. The van der Waals surface area contributed by atoms with E-state index in [2.05, 4.69) is 9.80 Å². The quantitative estimate of drug-likeness (QED) is 0.591. The Morgan fingerprint density at radius 3 is 1.97 bits per heavy atom. The monoisotopic (exact) mass is 466 g/mol. The van der Waals surface area contributed by atoms with Crippen LogP contribution in [0, 0.1) is 13.8 Å². The van der Waals surface area contributed by atoms with E-state index in [0.29, 0.717) is 24.5 Å². The van der Waals surface area contributed by atoms with Gasteiger partial charge < -0.3 is 14.9 Å². The summed E-state index contributed by atoms with van der Waals surface area (Å²) in [7, 11) is 0. The number of benzene rings is 2. The van der Waals surface area contributed by atoms with Crippen molar-refractivity contribution in [1.82, 2.24) is 9.80 Å². The van der Waals surface area contributed by atoms with Crippen molar-refractivity contribution < 1.29 is 14.9 Å². The second-order valence-electron chi connectivity index (χ2n) is 8.42. The number of aliphatic hydroxyl groups excluding tert-OH is 2. The van der Waals surface area contributed by atoms with E-state index in [4.69, 9.17) is 27.9 Å². The highest BCUT2D eigenvalue weighted by atomic mass is 35.5. The van der Waals surface area contributed by atoms with Crippen molar-refractivity contribution in [1.29, 1.82) is 0 Å². The van der Waals surface area contributed by atoms with Crippen LogP contribution in [0.2, 0.25) is 10.0 Å². The summed E-state index contributed by atoms with van der Waals surface area (Å²) in [6, 6.07) is 11.4. The van der Waals surface area contributed by atoms with Gasteiger partial charge >= 0.3 is 0 Å². The highest BCUT2D eigenvalue weighted by molar-refractivity contribution is 6.31. The minimum atomic E-state index is -0.554. The van der Waals surface area contributed by atoms with Gasteiger partial charge in [0.05, 0.1) is 6.10 Å². The number of piperazine rings is 1. The Bertz CT molecular complexity index is 857. The third-order valence-corrected chi connectivity index (χ3v) is 6.52. The molecule has 0 aromatic heterocycles. The van der Waals surface area contributed by atoms with Crippen LogP contribution >= 0.6 is 23.2 Å². The van der Waals surface area contributed by atoms with Crippen molar-refractivity contribution in [3.63, 3.8) is 0 Å². The molecule has 31 heavy (non-hydrogen) atoms. The Hall–Kier alpha value is -1.34. The second-order valence-corrected chi connectivity index (χ2v) is 9.23. The number of hydrogen-bond acceptors (Lipinski definition) is 5. The zero-order chi connectivity index (χ0) is 22.4. The molecule has 1 aliphatic rings. The lowest BCUT2D eigenvalue weighted by Crippen LogP contribution is -2.50. The lowest BCUT2D eigenvalue weighted by Gasteiger charge is -2.36. The molecule has 0 saturated carbocycles. The normalized spacial score (nSPS) is 17.5. The molecule has 2 aromatic carbocycles. The van der Waals surface area contributed by atoms with E-state index in [9.17, 15) is 10.2 Å². The average Bonchev–Trinajstić information content (AvgIpc) is 2.73. The molecule has 2 atom stereocenters. The van der Waals surface area contributed by atoms with Crippen LogP contribution in [-0.2, 0) is 6.42 Å². The number of aryl methyl sites for hydroxylation is 2. The van der Waals surface area contributed by atoms with E-state index in [1.807, 2.05) is 44.2 Å². The van der Waals surface area contributed by atoms with Crippen molar-refractivity contribution in [2.24, 2.45) is 0 Å². The van der Waals surface area contributed by atoms with Gasteiger partial charge in [-0.15, -0.1) is 0 Å². The maximum absolute atomic E-state index is 10.5. The molecular weight excluding hydrogens is 435 g/mol. The zero-order valence-corrected chi connectivity index (χ0v) is 19.7. The van der Waals surface area contributed by atoms with Gasteiger partial charge in [-0.3, -0.25) is 9.80 Å². The van der Waals surface area contributed by atoms with Crippen molar-refractivity contribution in [2.45, 2.75) is 32.5 Å². The molecule has 1 saturated heterocycles. The van der Waals surface area contributed by atoms with E-state index in [-0.39, 0.29) is 6.61 Å². The smallest absolute Gasteiger partial charge is 0.119 e. The summed E-state index contributed by atoms with van der Waals surface area (Å²) in [6.07, 6.45) is -0.339. The molecule has 0 bridgehead atoms. The summed E-state index contributed by atoms with van der Waals surface area (Å²) in [5, 5.41) is 22.3. The highest BCUT2D eigenvalue weighted by Crippen LogP contribution is 2.21. The molecule has 2 aromatic rings. The van der Waals surface area contributed by atoms with Crippen LogP contribution in [0.25, 0.3) is 0 Å². The molecule has 7 heteroatoms. The summed E-state index contributed by atoms with van der Waals surface area (Å²) in [6.45, 7) is 8.87. The van der Waals surface area contributed by atoms with Crippen LogP contribution in [-0.4, -0.2) is 78.1 Å². The number of β-amino-alcohol motifs (C(OH)–C–C–N with tert-alkyl or cyclic N) is 2. The van der Waals surface area contributed by atoms with Crippen LogP contribution in [0.4, 0.5) is 0 Å². The Morgan fingerprint density at radius 1 is 0.839 bits per heavy atom. The van der Waals surface area contributed by atoms with Gasteiger partial charge in [0.1, 0.15) is 18.5 Å². The number of aliphatic hydroxyl groups is 2. The number of rotatable bonds is 9. The summed E-state index contributed by atoms with van der Waals surface area (Å²) >= 11 is 12.1. The Kier molecular flexibility index (Phi) is 9.02. The molecule has 0 aliphatic carbocycles. The fraction of sp³-hybridized carbons (Fsp3) is 0.500. The third-order valence-electron chi connectivity index (χ3n) is 5.67. The summed E-state index contributed by atoms with van der Waals surface area (Å²) < 4.78 is 5.70. The molecule has 1 fully saturated rings. The predicted octanol–water partition coefficient (Wildman–Crippen LogP) is 3.57. The van der Waals surface area contributed by atoms with E-state index in [1.165, 1.54) is 0 Å². The maximum Gasteiger partial charge on any atom is 0.119 e. The fourth-order valence-corrected chi connectivity index (χ4v) is 4.11. The first-order chi connectivity index (χ1) is 14.8. The first kappa shape index (κ1) is 24.3. The van der Waals surface area contributed by atoms with Gasteiger partial charge in [-0.1, -0.05) is 35.3 Å². The topological polar surface area (TPSA) is 56.2 Å². The Labute approximate surface area is 195 Å². The molecule has 1 heterocycles. The van der Waals surface area contributed by atoms with Gasteiger partial charge in [0.2, 0.25) is 0 Å². The third kappa shape index (κ3) is 7.63. The lowest BCUT2D eigenvalue weighted by atomic mass is 10.0. The van der Waals surface area contributed by atoms with Crippen molar-refractivity contribution in [3.8, 4) is 5.75 Å². The minimum Gasteiger partial charge on any atom is -0.491 e. The lowest BCUT2D eigenvalue weighted by molar-refractivity contribution is 0.0334. The van der Waals surface area contributed by atoms with Gasteiger partial charge in [0.25, 0.3) is 0 Å². The number of ether oxygens (including phenoxy) is 1. The van der Waals surface area contributed by atoms with Crippen LogP contribution in [0.15, 0.2) is 36.4 Å². The van der Waals surface area contributed by atoms with Gasteiger partial charge in [-0.25, -0.2) is 0 Å². The molecule has 0 amide bonds. The molecule has 2 N–H and O–H groups in total. The van der Waals surface area contributed by atoms with Gasteiger partial charge in [-0.2, -0.15) is 0 Å². The van der Waals surface area contributed by atoms with Gasteiger partial charge in [0, 0.05) is 49.3 Å².